The number of primary sulfonamides is 1. The summed E-state index contributed by atoms with van der Waals surface area (Å²) >= 11 is 1.34. The van der Waals surface area contributed by atoms with Gasteiger partial charge >= 0.3 is 5.97 Å². The summed E-state index contributed by atoms with van der Waals surface area (Å²) in [4.78, 5) is 14.5. The lowest BCUT2D eigenvalue weighted by molar-refractivity contribution is 0.0605. The molecule has 0 atom stereocenters. The highest BCUT2D eigenvalue weighted by Crippen LogP contribution is 2.32. The molecule has 0 fully saturated rings. The number of methoxy groups -OCH3 is 1. The highest BCUT2D eigenvalue weighted by molar-refractivity contribution is 7.89. The van der Waals surface area contributed by atoms with E-state index < -0.39 is 10.0 Å². The van der Waals surface area contributed by atoms with Crippen LogP contribution in [0.2, 0.25) is 0 Å². The standard InChI is InChI=1S/C15H16N2O4S2/c1-21-15(18)14-11(5-7-22-14)9-17-6-4-10-2-3-12(8-13(10)17)23(16,19)20/h2-3,5,7-8H,4,6,9H2,1H3,(H2,16,19,20). The van der Waals surface area contributed by atoms with Crippen LogP contribution in [0.4, 0.5) is 5.69 Å². The van der Waals surface area contributed by atoms with Crippen LogP contribution in [0.1, 0.15) is 20.8 Å². The number of carbonyl (C=O) groups excluding carboxylic acids is 1. The Bertz CT molecular complexity index is 858. The quantitative estimate of drug-likeness (QED) is 0.847. The number of rotatable bonds is 4. The molecule has 2 heterocycles. The van der Waals surface area contributed by atoms with Crippen molar-refractivity contribution in [2.45, 2.75) is 17.9 Å². The van der Waals surface area contributed by atoms with Gasteiger partial charge in [0, 0.05) is 18.8 Å². The minimum Gasteiger partial charge on any atom is -0.465 e. The lowest BCUT2D eigenvalue weighted by Crippen LogP contribution is -2.21. The second-order valence-electron chi connectivity index (χ2n) is 5.27. The summed E-state index contributed by atoms with van der Waals surface area (Å²) in [5.41, 5.74) is 2.79. The van der Waals surface area contributed by atoms with Crippen LogP contribution in [0.25, 0.3) is 0 Å². The second kappa shape index (κ2) is 5.95. The van der Waals surface area contributed by atoms with Gasteiger partial charge in [-0.15, -0.1) is 11.3 Å². The third kappa shape index (κ3) is 3.10. The molecule has 0 radical (unpaired) electrons. The molecule has 0 aliphatic carbocycles. The van der Waals surface area contributed by atoms with E-state index in [1.165, 1.54) is 24.5 Å². The summed E-state index contributed by atoms with van der Waals surface area (Å²) in [5.74, 6) is -0.354. The predicted octanol–water partition coefficient (Wildman–Crippen LogP) is 1.74. The fourth-order valence-corrected chi connectivity index (χ4v) is 4.07. The van der Waals surface area contributed by atoms with Gasteiger partial charge < -0.3 is 9.64 Å². The van der Waals surface area contributed by atoms with Crippen LogP contribution in [0.15, 0.2) is 34.5 Å². The molecule has 0 unspecified atom stereocenters. The third-order valence-electron chi connectivity index (χ3n) is 3.86. The first kappa shape index (κ1) is 16.0. The number of esters is 1. The molecule has 1 aliphatic heterocycles. The number of hydrogen-bond donors (Lipinski definition) is 1. The maximum atomic E-state index is 11.8. The first-order valence-electron chi connectivity index (χ1n) is 6.95. The van der Waals surface area contributed by atoms with Crippen LogP contribution in [0.5, 0.6) is 0 Å². The number of thiophene rings is 1. The SMILES string of the molecule is COC(=O)c1sccc1CN1CCc2ccc(S(N)(=O)=O)cc21. The van der Waals surface area contributed by atoms with E-state index in [1.807, 2.05) is 11.4 Å². The van der Waals surface area contributed by atoms with Crippen molar-refractivity contribution in [3.8, 4) is 0 Å². The van der Waals surface area contributed by atoms with E-state index in [0.29, 0.717) is 11.4 Å². The fraction of sp³-hybridized carbons (Fsp3) is 0.267. The monoisotopic (exact) mass is 352 g/mol. The number of sulfonamides is 1. The number of anilines is 1. The number of nitrogens with two attached hydrogens (primary N) is 1. The third-order valence-corrected chi connectivity index (χ3v) is 5.70. The van der Waals surface area contributed by atoms with E-state index in [-0.39, 0.29) is 10.9 Å². The molecule has 6 nitrogen and oxygen atoms in total. The van der Waals surface area contributed by atoms with Crippen molar-refractivity contribution in [1.29, 1.82) is 0 Å². The molecule has 1 aromatic carbocycles. The zero-order valence-electron chi connectivity index (χ0n) is 12.5. The van der Waals surface area contributed by atoms with Gasteiger partial charge in [-0.1, -0.05) is 6.07 Å². The number of carbonyl (C=O) groups is 1. The molecule has 0 amide bonds. The molecule has 0 spiro atoms. The van der Waals surface area contributed by atoms with Gasteiger partial charge in [-0.25, -0.2) is 18.4 Å². The number of nitrogens with zero attached hydrogens (tertiary/aromatic N) is 1. The van der Waals surface area contributed by atoms with Crippen LogP contribution in [0.3, 0.4) is 0 Å². The van der Waals surface area contributed by atoms with E-state index in [0.717, 1.165) is 29.8 Å². The fourth-order valence-electron chi connectivity index (χ4n) is 2.70. The maximum Gasteiger partial charge on any atom is 0.348 e. The Labute approximate surface area is 138 Å². The van der Waals surface area contributed by atoms with E-state index in [2.05, 4.69) is 4.90 Å². The first-order chi connectivity index (χ1) is 10.9. The summed E-state index contributed by atoms with van der Waals surface area (Å²) < 4.78 is 27.9. The van der Waals surface area contributed by atoms with Crippen molar-refractivity contribution in [1.82, 2.24) is 0 Å². The molecule has 2 aromatic rings. The van der Waals surface area contributed by atoms with Crippen molar-refractivity contribution in [2.75, 3.05) is 18.6 Å². The van der Waals surface area contributed by atoms with Crippen molar-refractivity contribution in [2.24, 2.45) is 5.14 Å². The predicted molar refractivity (Wildman–Crippen MR) is 88.2 cm³/mol. The average molecular weight is 352 g/mol. The molecule has 122 valence electrons. The zero-order valence-corrected chi connectivity index (χ0v) is 14.1. The van der Waals surface area contributed by atoms with Crippen LogP contribution in [0, 0.1) is 0 Å². The molecule has 0 saturated carbocycles. The van der Waals surface area contributed by atoms with Gasteiger partial charge in [-0.05, 0) is 41.1 Å². The van der Waals surface area contributed by atoms with Crippen LogP contribution >= 0.6 is 11.3 Å². The highest BCUT2D eigenvalue weighted by Gasteiger charge is 2.24. The van der Waals surface area contributed by atoms with Crippen molar-refractivity contribution >= 4 is 33.0 Å². The van der Waals surface area contributed by atoms with Gasteiger partial charge in [-0.2, -0.15) is 0 Å². The summed E-state index contributed by atoms with van der Waals surface area (Å²) in [6.07, 6.45) is 0.831. The Hall–Kier alpha value is -1.90. The molecule has 23 heavy (non-hydrogen) atoms. The van der Waals surface area contributed by atoms with Crippen molar-refractivity contribution in [3.05, 3.63) is 45.6 Å². The maximum absolute atomic E-state index is 11.8. The largest absolute Gasteiger partial charge is 0.465 e. The molecule has 3 rings (SSSR count). The lowest BCUT2D eigenvalue weighted by atomic mass is 10.2. The molecular formula is C15H16N2O4S2. The van der Waals surface area contributed by atoms with Crippen LogP contribution < -0.4 is 10.0 Å². The Morgan fingerprint density at radius 2 is 2.17 bits per heavy atom. The first-order valence-corrected chi connectivity index (χ1v) is 9.38. The van der Waals surface area contributed by atoms with Gasteiger partial charge in [0.05, 0.1) is 12.0 Å². The van der Waals surface area contributed by atoms with Gasteiger partial charge in [0.1, 0.15) is 4.88 Å². The molecule has 0 saturated heterocycles. The Balaban J connectivity index is 1.91. The number of hydrogen-bond acceptors (Lipinski definition) is 6. The smallest absolute Gasteiger partial charge is 0.348 e. The molecule has 2 N–H and O–H groups in total. The van der Waals surface area contributed by atoms with E-state index in [4.69, 9.17) is 9.88 Å². The number of fused-ring (bicyclic) bond motifs is 1. The van der Waals surface area contributed by atoms with Gasteiger partial charge in [0.25, 0.3) is 0 Å². The molecule has 8 heteroatoms. The van der Waals surface area contributed by atoms with Crippen LogP contribution in [-0.4, -0.2) is 28.0 Å². The Morgan fingerprint density at radius 1 is 1.39 bits per heavy atom. The molecule has 0 bridgehead atoms. The summed E-state index contributed by atoms with van der Waals surface area (Å²) in [6.45, 7) is 1.29. The Morgan fingerprint density at radius 3 is 2.87 bits per heavy atom. The lowest BCUT2D eigenvalue weighted by Gasteiger charge is -2.20. The van der Waals surface area contributed by atoms with Gasteiger partial charge in [-0.3, -0.25) is 0 Å². The Kier molecular flexibility index (Phi) is 4.13. The molecular weight excluding hydrogens is 336 g/mol. The van der Waals surface area contributed by atoms with E-state index in [9.17, 15) is 13.2 Å². The molecule has 1 aliphatic rings. The topological polar surface area (TPSA) is 89.7 Å². The number of ether oxygens (including phenoxy) is 1. The van der Waals surface area contributed by atoms with Crippen LogP contribution in [-0.2, 0) is 27.7 Å². The summed E-state index contributed by atoms with van der Waals surface area (Å²) in [6, 6.07) is 6.81. The minimum atomic E-state index is -3.73. The number of benzene rings is 1. The van der Waals surface area contributed by atoms with Gasteiger partial charge in [0.15, 0.2) is 0 Å². The second-order valence-corrected chi connectivity index (χ2v) is 7.75. The normalized spacial score (nSPS) is 13.9. The molecule has 1 aromatic heterocycles. The summed E-state index contributed by atoms with van der Waals surface area (Å²) in [5, 5.41) is 7.05. The average Bonchev–Trinajstić information content (AvgIpc) is 3.13. The summed E-state index contributed by atoms with van der Waals surface area (Å²) in [7, 11) is -2.38. The minimum absolute atomic E-state index is 0.0988. The van der Waals surface area contributed by atoms with Gasteiger partial charge in [0.2, 0.25) is 10.0 Å². The van der Waals surface area contributed by atoms with E-state index >= 15 is 0 Å². The van der Waals surface area contributed by atoms with Crippen molar-refractivity contribution < 1.29 is 17.9 Å². The van der Waals surface area contributed by atoms with Crippen molar-refractivity contribution in [3.63, 3.8) is 0 Å². The highest BCUT2D eigenvalue weighted by atomic mass is 32.2. The van der Waals surface area contributed by atoms with E-state index in [1.54, 1.807) is 12.1 Å². The zero-order chi connectivity index (χ0) is 16.6.